The summed E-state index contributed by atoms with van der Waals surface area (Å²) in [7, 11) is -2.97. The second kappa shape index (κ2) is 7.26. The van der Waals surface area contributed by atoms with Gasteiger partial charge in [-0.15, -0.1) is 0 Å². The molecule has 110 valence electrons. The van der Waals surface area contributed by atoms with Crippen LogP contribution < -0.4 is 5.32 Å². The van der Waals surface area contributed by atoms with Crippen LogP contribution in [0, 0.1) is 0 Å². The molecule has 1 aromatic heterocycles. The van der Waals surface area contributed by atoms with Crippen LogP contribution in [0.2, 0.25) is 5.15 Å². The molecule has 0 saturated carbocycles. The van der Waals surface area contributed by atoms with Crippen molar-refractivity contribution in [2.45, 2.75) is 45.7 Å². The molecule has 0 aliphatic carbocycles. The first-order valence-corrected chi connectivity index (χ1v) is 8.90. The summed E-state index contributed by atoms with van der Waals surface area (Å²) < 4.78 is 22.3. The Morgan fingerprint density at radius 3 is 2.74 bits per heavy atom. The third-order valence-electron chi connectivity index (χ3n) is 2.72. The van der Waals surface area contributed by atoms with E-state index in [1.54, 1.807) is 0 Å². The molecule has 2 N–H and O–H groups in total. The predicted octanol–water partition coefficient (Wildman–Crippen LogP) is 1.93. The Morgan fingerprint density at radius 2 is 2.16 bits per heavy atom. The molecule has 1 atom stereocenters. The lowest BCUT2D eigenvalue weighted by molar-refractivity contribution is 0.556. The molecule has 0 amide bonds. The average Bonchev–Trinajstić information content (AvgIpc) is 2.62. The standard InChI is InChI=1S/C12H22ClN3O2S/c1-4-5-6-11-15-10(12(13)16-11)7-14-9(2)8-19(3,17)18/h9,14H,4-8H2,1-3H3,(H,15,16). The molecule has 0 aromatic carbocycles. The first-order valence-electron chi connectivity index (χ1n) is 6.46. The Kier molecular flexibility index (Phi) is 6.29. The minimum Gasteiger partial charge on any atom is -0.344 e. The van der Waals surface area contributed by atoms with E-state index in [1.807, 2.05) is 6.92 Å². The first-order chi connectivity index (χ1) is 8.81. The summed E-state index contributed by atoms with van der Waals surface area (Å²) in [5, 5.41) is 3.59. The molecular weight excluding hydrogens is 286 g/mol. The van der Waals surface area contributed by atoms with Crippen molar-refractivity contribution in [2.75, 3.05) is 12.0 Å². The fourth-order valence-electron chi connectivity index (χ4n) is 1.81. The van der Waals surface area contributed by atoms with Gasteiger partial charge in [-0.3, -0.25) is 0 Å². The largest absolute Gasteiger partial charge is 0.344 e. The number of aromatic amines is 1. The third-order valence-corrected chi connectivity index (χ3v) is 4.14. The van der Waals surface area contributed by atoms with Gasteiger partial charge in [-0.2, -0.15) is 0 Å². The topological polar surface area (TPSA) is 74.8 Å². The normalized spacial score (nSPS) is 13.7. The number of aromatic nitrogens is 2. The van der Waals surface area contributed by atoms with E-state index in [1.165, 1.54) is 6.26 Å². The second-order valence-corrected chi connectivity index (χ2v) is 7.47. The van der Waals surface area contributed by atoms with Crippen LogP contribution in [0.5, 0.6) is 0 Å². The number of H-pyrrole nitrogens is 1. The van der Waals surface area contributed by atoms with Crippen molar-refractivity contribution in [3.63, 3.8) is 0 Å². The lowest BCUT2D eigenvalue weighted by Gasteiger charge is -2.11. The Bertz CT molecular complexity index is 499. The number of unbranched alkanes of at least 4 members (excludes halogenated alkanes) is 1. The molecule has 0 aliphatic rings. The summed E-state index contributed by atoms with van der Waals surface area (Å²) >= 11 is 6.04. The Hall–Kier alpha value is -0.590. The number of sulfone groups is 1. The van der Waals surface area contributed by atoms with E-state index in [0.717, 1.165) is 30.8 Å². The highest BCUT2D eigenvalue weighted by atomic mass is 35.5. The van der Waals surface area contributed by atoms with Crippen LogP contribution in [0.3, 0.4) is 0 Å². The smallest absolute Gasteiger partial charge is 0.151 e. The van der Waals surface area contributed by atoms with Crippen molar-refractivity contribution in [1.82, 2.24) is 15.3 Å². The minimum absolute atomic E-state index is 0.113. The van der Waals surface area contributed by atoms with Crippen molar-refractivity contribution in [3.8, 4) is 0 Å². The molecule has 1 aromatic rings. The van der Waals surface area contributed by atoms with E-state index in [4.69, 9.17) is 11.6 Å². The monoisotopic (exact) mass is 307 g/mol. The molecule has 5 nitrogen and oxygen atoms in total. The average molecular weight is 308 g/mol. The van der Waals surface area contributed by atoms with Gasteiger partial charge in [0, 0.05) is 25.3 Å². The van der Waals surface area contributed by atoms with Crippen molar-refractivity contribution < 1.29 is 8.42 Å². The van der Waals surface area contributed by atoms with Gasteiger partial charge in [0.2, 0.25) is 0 Å². The number of halogens is 1. The number of imidazole rings is 1. The molecule has 0 fully saturated rings. The molecule has 0 spiro atoms. The van der Waals surface area contributed by atoms with E-state index in [-0.39, 0.29) is 11.8 Å². The number of hydrogen-bond acceptors (Lipinski definition) is 4. The first kappa shape index (κ1) is 16.5. The predicted molar refractivity (Wildman–Crippen MR) is 78.2 cm³/mol. The summed E-state index contributed by atoms with van der Waals surface area (Å²) in [6.07, 6.45) is 4.30. The molecule has 1 heterocycles. The zero-order chi connectivity index (χ0) is 14.5. The molecule has 1 rings (SSSR count). The summed E-state index contributed by atoms with van der Waals surface area (Å²) in [5.74, 6) is 1.00. The quantitative estimate of drug-likeness (QED) is 0.769. The van der Waals surface area contributed by atoms with Crippen LogP contribution in [0.25, 0.3) is 0 Å². The molecule has 7 heteroatoms. The van der Waals surface area contributed by atoms with Gasteiger partial charge in [-0.05, 0) is 13.3 Å². The van der Waals surface area contributed by atoms with Crippen LogP contribution in [-0.4, -0.2) is 36.4 Å². The molecular formula is C12H22ClN3O2S. The van der Waals surface area contributed by atoms with Crippen LogP contribution >= 0.6 is 11.6 Å². The van der Waals surface area contributed by atoms with Crippen LogP contribution in [0.1, 0.15) is 38.2 Å². The highest BCUT2D eigenvalue weighted by Crippen LogP contribution is 2.14. The lowest BCUT2D eigenvalue weighted by atomic mass is 10.2. The van der Waals surface area contributed by atoms with Crippen molar-refractivity contribution in [3.05, 3.63) is 16.7 Å². The van der Waals surface area contributed by atoms with Crippen molar-refractivity contribution in [2.24, 2.45) is 0 Å². The Labute approximate surface area is 120 Å². The molecule has 0 aliphatic heterocycles. The van der Waals surface area contributed by atoms with Gasteiger partial charge in [-0.25, -0.2) is 13.4 Å². The number of rotatable bonds is 8. The second-order valence-electron chi connectivity index (χ2n) is 4.93. The zero-order valence-electron chi connectivity index (χ0n) is 11.7. The fourth-order valence-corrected chi connectivity index (χ4v) is 3.05. The van der Waals surface area contributed by atoms with Gasteiger partial charge >= 0.3 is 0 Å². The number of aryl methyl sites for hydroxylation is 1. The van der Waals surface area contributed by atoms with Crippen molar-refractivity contribution in [1.29, 1.82) is 0 Å². The highest BCUT2D eigenvalue weighted by molar-refractivity contribution is 7.90. The third kappa shape index (κ3) is 6.40. The van der Waals surface area contributed by atoms with Gasteiger partial charge in [0.25, 0.3) is 0 Å². The lowest BCUT2D eigenvalue weighted by Crippen LogP contribution is -2.32. The summed E-state index contributed by atoms with van der Waals surface area (Å²) in [6.45, 7) is 4.46. The SMILES string of the molecule is CCCCc1nc(Cl)c(CNC(C)CS(C)(=O)=O)[nH]1. The van der Waals surface area contributed by atoms with E-state index >= 15 is 0 Å². The van der Waals surface area contributed by atoms with Gasteiger partial charge < -0.3 is 10.3 Å². The fraction of sp³-hybridized carbons (Fsp3) is 0.750. The Balaban J connectivity index is 2.51. The summed E-state index contributed by atoms with van der Waals surface area (Å²) in [4.78, 5) is 7.43. The van der Waals surface area contributed by atoms with Crippen LogP contribution in [0.4, 0.5) is 0 Å². The Morgan fingerprint density at radius 1 is 1.47 bits per heavy atom. The number of nitrogens with one attached hydrogen (secondary N) is 2. The van der Waals surface area contributed by atoms with Gasteiger partial charge in [0.1, 0.15) is 15.7 Å². The van der Waals surface area contributed by atoms with E-state index < -0.39 is 9.84 Å². The van der Waals surface area contributed by atoms with E-state index in [9.17, 15) is 8.42 Å². The van der Waals surface area contributed by atoms with Crippen LogP contribution in [0.15, 0.2) is 0 Å². The maximum atomic E-state index is 11.2. The van der Waals surface area contributed by atoms with Crippen molar-refractivity contribution >= 4 is 21.4 Å². The maximum Gasteiger partial charge on any atom is 0.151 e. The molecule has 0 bridgehead atoms. The van der Waals surface area contributed by atoms with Crippen LogP contribution in [-0.2, 0) is 22.8 Å². The van der Waals surface area contributed by atoms with E-state index in [2.05, 4.69) is 22.2 Å². The van der Waals surface area contributed by atoms with Gasteiger partial charge in [-0.1, -0.05) is 24.9 Å². The summed E-state index contributed by atoms with van der Waals surface area (Å²) in [5.41, 5.74) is 0.813. The molecule has 0 radical (unpaired) electrons. The summed E-state index contributed by atoms with van der Waals surface area (Å²) in [6, 6.07) is -0.117. The highest BCUT2D eigenvalue weighted by Gasteiger charge is 2.12. The van der Waals surface area contributed by atoms with Gasteiger partial charge in [0.15, 0.2) is 5.15 Å². The molecule has 19 heavy (non-hydrogen) atoms. The maximum absolute atomic E-state index is 11.2. The number of hydrogen-bond donors (Lipinski definition) is 2. The van der Waals surface area contributed by atoms with Gasteiger partial charge in [0.05, 0.1) is 11.4 Å². The zero-order valence-corrected chi connectivity index (χ0v) is 13.2. The van der Waals surface area contributed by atoms with E-state index in [0.29, 0.717) is 11.7 Å². The molecule has 1 unspecified atom stereocenters. The number of nitrogens with zero attached hydrogens (tertiary/aromatic N) is 1. The molecule has 0 saturated heterocycles. The minimum atomic E-state index is -2.97.